The van der Waals surface area contributed by atoms with Crippen molar-refractivity contribution in [2.75, 3.05) is 13.6 Å². The van der Waals surface area contributed by atoms with Crippen molar-refractivity contribution in [1.82, 2.24) is 10.2 Å². The Hall–Kier alpha value is -1.82. The number of carboxylic acid groups (broad SMARTS) is 1. The van der Waals surface area contributed by atoms with Crippen molar-refractivity contribution in [3.8, 4) is 0 Å². The predicted molar refractivity (Wildman–Crippen MR) is 72.5 cm³/mol. The minimum Gasteiger partial charge on any atom is -0.478 e. The maximum atomic E-state index is 11.9. The third kappa shape index (κ3) is 3.01. The van der Waals surface area contributed by atoms with Gasteiger partial charge < -0.3 is 14.8 Å². The second kappa shape index (κ2) is 6.09. The SMILES string of the molecule is CNC(=O)C1CCCCN1Cc1cc(C(=O)O)c(C)o1. The molecule has 0 aromatic carbocycles. The molecule has 1 unspecified atom stereocenters. The second-order valence-corrected chi connectivity index (χ2v) is 5.08. The molecule has 0 spiro atoms. The number of carboxylic acids is 1. The molecule has 1 aliphatic heterocycles. The maximum absolute atomic E-state index is 11.9. The van der Waals surface area contributed by atoms with Gasteiger partial charge >= 0.3 is 5.97 Å². The Labute approximate surface area is 117 Å². The van der Waals surface area contributed by atoms with Crippen LogP contribution in [0, 0.1) is 6.92 Å². The third-order valence-corrected chi connectivity index (χ3v) is 3.72. The zero-order valence-electron chi connectivity index (χ0n) is 11.8. The lowest BCUT2D eigenvalue weighted by atomic mass is 10.0. The lowest BCUT2D eigenvalue weighted by molar-refractivity contribution is -0.127. The van der Waals surface area contributed by atoms with Crippen molar-refractivity contribution >= 4 is 11.9 Å². The minimum atomic E-state index is -0.987. The molecule has 1 fully saturated rings. The highest BCUT2D eigenvalue weighted by atomic mass is 16.4. The average molecular weight is 280 g/mol. The van der Waals surface area contributed by atoms with Gasteiger partial charge in [-0.2, -0.15) is 0 Å². The van der Waals surface area contributed by atoms with E-state index in [-0.39, 0.29) is 17.5 Å². The van der Waals surface area contributed by atoms with Gasteiger partial charge in [-0.3, -0.25) is 9.69 Å². The molecule has 20 heavy (non-hydrogen) atoms. The Morgan fingerprint density at radius 2 is 2.25 bits per heavy atom. The fourth-order valence-corrected chi connectivity index (χ4v) is 2.68. The first-order chi connectivity index (χ1) is 9.52. The molecule has 110 valence electrons. The molecule has 0 saturated carbocycles. The van der Waals surface area contributed by atoms with Crippen molar-refractivity contribution in [2.24, 2.45) is 0 Å². The number of likely N-dealkylation sites (tertiary alicyclic amines) is 1. The second-order valence-electron chi connectivity index (χ2n) is 5.08. The number of hydrogen-bond acceptors (Lipinski definition) is 4. The molecule has 1 aromatic rings. The Balaban J connectivity index is 2.12. The molecule has 0 bridgehead atoms. The van der Waals surface area contributed by atoms with E-state index in [1.165, 1.54) is 0 Å². The molecular formula is C14H20N2O4. The highest BCUT2D eigenvalue weighted by Gasteiger charge is 2.29. The van der Waals surface area contributed by atoms with Crippen molar-refractivity contribution < 1.29 is 19.1 Å². The van der Waals surface area contributed by atoms with Crippen molar-refractivity contribution in [1.29, 1.82) is 0 Å². The van der Waals surface area contributed by atoms with Crippen LogP contribution >= 0.6 is 0 Å². The fraction of sp³-hybridized carbons (Fsp3) is 0.571. The molecule has 1 saturated heterocycles. The Kier molecular flexibility index (Phi) is 4.44. The van der Waals surface area contributed by atoms with Crippen LogP contribution in [0.4, 0.5) is 0 Å². The normalized spacial score (nSPS) is 19.8. The number of rotatable bonds is 4. The van der Waals surface area contributed by atoms with E-state index in [0.29, 0.717) is 18.1 Å². The number of nitrogens with one attached hydrogen (secondary N) is 1. The summed E-state index contributed by atoms with van der Waals surface area (Å²) in [6, 6.07) is 1.39. The van der Waals surface area contributed by atoms with Crippen LogP contribution in [0.15, 0.2) is 10.5 Å². The van der Waals surface area contributed by atoms with E-state index in [0.717, 1.165) is 25.8 Å². The predicted octanol–water partition coefficient (Wildman–Crippen LogP) is 1.39. The van der Waals surface area contributed by atoms with Crippen LogP contribution in [0.25, 0.3) is 0 Å². The number of aryl methyl sites for hydroxylation is 1. The van der Waals surface area contributed by atoms with Crippen LogP contribution in [-0.2, 0) is 11.3 Å². The van der Waals surface area contributed by atoms with E-state index in [1.807, 2.05) is 4.90 Å². The van der Waals surface area contributed by atoms with Gasteiger partial charge in [-0.1, -0.05) is 6.42 Å². The quantitative estimate of drug-likeness (QED) is 0.870. The van der Waals surface area contributed by atoms with E-state index in [4.69, 9.17) is 9.52 Å². The largest absolute Gasteiger partial charge is 0.478 e. The van der Waals surface area contributed by atoms with Crippen molar-refractivity contribution in [2.45, 2.75) is 38.8 Å². The standard InChI is InChI=1S/C14H20N2O4/c1-9-11(14(18)19)7-10(20-9)8-16-6-4-3-5-12(16)13(17)15-2/h7,12H,3-6,8H2,1-2H3,(H,15,17)(H,18,19). The summed E-state index contributed by atoms with van der Waals surface area (Å²) in [7, 11) is 1.63. The van der Waals surface area contributed by atoms with Crippen molar-refractivity contribution in [3.05, 3.63) is 23.2 Å². The number of piperidine rings is 1. The Morgan fingerprint density at radius 3 is 2.85 bits per heavy atom. The summed E-state index contributed by atoms with van der Waals surface area (Å²) in [4.78, 5) is 24.9. The molecule has 1 aliphatic rings. The molecule has 1 aromatic heterocycles. The first-order valence-corrected chi connectivity index (χ1v) is 6.81. The Bertz CT molecular complexity index is 509. The topological polar surface area (TPSA) is 82.8 Å². The van der Waals surface area contributed by atoms with Gasteiger partial charge in [0.25, 0.3) is 0 Å². The lowest BCUT2D eigenvalue weighted by Gasteiger charge is -2.33. The van der Waals surface area contributed by atoms with Gasteiger partial charge in [0.15, 0.2) is 0 Å². The fourth-order valence-electron chi connectivity index (χ4n) is 2.68. The number of hydrogen-bond donors (Lipinski definition) is 2. The van der Waals surface area contributed by atoms with Crippen LogP contribution in [0.2, 0.25) is 0 Å². The molecule has 2 N–H and O–H groups in total. The molecule has 2 heterocycles. The number of carbonyl (C=O) groups is 2. The summed E-state index contributed by atoms with van der Waals surface area (Å²) in [6.07, 6.45) is 2.90. The van der Waals surface area contributed by atoms with E-state index >= 15 is 0 Å². The van der Waals surface area contributed by atoms with Gasteiger partial charge in [-0.15, -0.1) is 0 Å². The van der Waals surface area contributed by atoms with Crippen LogP contribution in [0.1, 0.15) is 41.1 Å². The minimum absolute atomic E-state index is 0.00596. The zero-order valence-corrected chi connectivity index (χ0v) is 11.8. The van der Waals surface area contributed by atoms with Crippen LogP contribution in [0.3, 0.4) is 0 Å². The van der Waals surface area contributed by atoms with E-state index < -0.39 is 5.97 Å². The van der Waals surface area contributed by atoms with Gasteiger partial charge in [0.05, 0.1) is 12.6 Å². The number of carbonyl (C=O) groups excluding carboxylic acids is 1. The highest BCUT2D eigenvalue weighted by molar-refractivity contribution is 5.88. The van der Waals surface area contributed by atoms with Crippen molar-refractivity contribution in [3.63, 3.8) is 0 Å². The molecule has 0 aliphatic carbocycles. The summed E-state index contributed by atoms with van der Waals surface area (Å²) >= 11 is 0. The monoisotopic (exact) mass is 280 g/mol. The van der Waals surface area contributed by atoms with E-state index in [9.17, 15) is 9.59 Å². The molecule has 1 atom stereocenters. The van der Waals surface area contributed by atoms with Gasteiger partial charge in [0.2, 0.25) is 5.91 Å². The van der Waals surface area contributed by atoms with E-state index in [2.05, 4.69) is 5.32 Å². The summed E-state index contributed by atoms with van der Waals surface area (Å²) in [5.74, 6) is 0.0159. The lowest BCUT2D eigenvalue weighted by Crippen LogP contribution is -2.48. The summed E-state index contributed by atoms with van der Waals surface area (Å²) < 4.78 is 5.49. The highest BCUT2D eigenvalue weighted by Crippen LogP contribution is 2.22. The molecule has 0 radical (unpaired) electrons. The first-order valence-electron chi connectivity index (χ1n) is 6.81. The molecule has 6 heteroatoms. The smallest absolute Gasteiger partial charge is 0.339 e. The Morgan fingerprint density at radius 1 is 1.50 bits per heavy atom. The number of likely N-dealkylation sites (N-methyl/N-ethyl adjacent to an activating group) is 1. The van der Waals surface area contributed by atoms with Crippen LogP contribution in [0.5, 0.6) is 0 Å². The van der Waals surface area contributed by atoms with Gasteiger partial charge in [-0.25, -0.2) is 4.79 Å². The molecule has 2 rings (SSSR count). The number of amides is 1. The maximum Gasteiger partial charge on any atom is 0.339 e. The van der Waals surface area contributed by atoms with E-state index in [1.54, 1.807) is 20.0 Å². The van der Waals surface area contributed by atoms with Gasteiger partial charge in [0.1, 0.15) is 17.1 Å². The number of aromatic carboxylic acids is 1. The first kappa shape index (κ1) is 14.6. The van der Waals surface area contributed by atoms with Gasteiger partial charge in [-0.05, 0) is 32.4 Å². The average Bonchev–Trinajstić information content (AvgIpc) is 2.79. The molecule has 6 nitrogen and oxygen atoms in total. The number of nitrogens with zero attached hydrogens (tertiary/aromatic N) is 1. The third-order valence-electron chi connectivity index (χ3n) is 3.72. The summed E-state index contributed by atoms with van der Waals surface area (Å²) in [6.45, 7) is 2.92. The van der Waals surface area contributed by atoms with Crippen LogP contribution < -0.4 is 5.32 Å². The summed E-state index contributed by atoms with van der Waals surface area (Å²) in [5, 5.41) is 11.7. The molecule has 1 amide bonds. The van der Waals surface area contributed by atoms with Crippen LogP contribution in [-0.4, -0.2) is 41.5 Å². The zero-order chi connectivity index (χ0) is 14.7. The van der Waals surface area contributed by atoms with Gasteiger partial charge in [0, 0.05) is 7.05 Å². The number of furan rings is 1. The summed E-state index contributed by atoms with van der Waals surface area (Å²) in [5.41, 5.74) is 0.188. The molecular weight excluding hydrogens is 260 g/mol.